The van der Waals surface area contributed by atoms with Gasteiger partial charge in [0.2, 0.25) is 5.91 Å². The molecule has 7 heteroatoms. The van der Waals surface area contributed by atoms with Crippen molar-refractivity contribution in [2.75, 3.05) is 22.2 Å². The van der Waals surface area contributed by atoms with Crippen LogP contribution < -0.4 is 16.0 Å². The van der Waals surface area contributed by atoms with Gasteiger partial charge in [-0.25, -0.2) is 9.78 Å². The quantitative estimate of drug-likeness (QED) is 0.755. The fraction of sp³-hybridized carbons (Fsp3) is 0.133. The van der Waals surface area contributed by atoms with Crippen LogP contribution in [-0.2, 0) is 4.79 Å². The highest BCUT2D eigenvalue weighted by molar-refractivity contribution is 7.98. The summed E-state index contributed by atoms with van der Waals surface area (Å²) in [4.78, 5) is 28.0. The van der Waals surface area contributed by atoms with Gasteiger partial charge < -0.3 is 10.6 Å². The van der Waals surface area contributed by atoms with E-state index >= 15 is 0 Å². The Morgan fingerprint density at radius 1 is 0.955 bits per heavy atom. The number of benzene rings is 1. The fourth-order valence-corrected chi connectivity index (χ4v) is 2.06. The minimum Gasteiger partial charge on any atom is -0.326 e. The second-order valence-electron chi connectivity index (χ2n) is 4.42. The van der Waals surface area contributed by atoms with Gasteiger partial charge in [-0.05, 0) is 42.7 Å². The van der Waals surface area contributed by atoms with Gasteiger partial charge in [0.05, 0.1) is 0 Å². The van der Waals surface area contributed by atoms with Crippen LogP contribution >= 0.6 is 11.8 Å². The Morgan fingerprint density at radius 2 is 1.59 bits per heavy atom. The van der Waals surface area contributed by atoms with Gasteiger partial charge in [0.25, 0.3) is 0 Å². The molecule has 0 bridgehead atoms. The average Bonchev–Trinajstić information content (AvgIpc) is 2.49. The predicted molar refractivity (Wildman–Crippen MR) is 89.4 cm³/mol. The van der Waals surface area contributed by atoms with Gasteiger partial charge in [-0.1, -0.05) is 0 Å². The van der Waals surface area contributed by atoms with Crippen LogP contribution in [0.3, 0.4) is 0 Å². The standard InChI is InChI=1S/C15H16N4O2S/c1-10(20)17-11-3-5-12(6-4-11)18-15(21)19-14-8-7-13(22-2)9-16-14/h3-9H,1-2H3,(H,17,20)(H2,16,18,19,21). The number of amides is 3. The molecule has 0 aliphatic rings. The summed E-state index contributed by atoms with van der Waals surface area (Å²) < 4.78 is 0. The van der Waals surface area contributed by atoms with Crippen molar-refractivity contribution in [1.29, 1.82) is 0 Å². The Kier molecular flexibility index (Phi) is 5.37. The second-order valence-corrected chi connectivity index (χ2v) is 5.30. The summed E-state index contributed by atoms with van der Waals surface area (Å²) in [5, 5.41) is 8.00. The summed E-state index contributed by atoms with van der Waals surface area (Å²) in [6, 6.07) is 10.1. The Labute approximate surface area is 132 Å². The number of carbonyl (C=O) groups excluding carboxylic acids is 2. The van der Waals surface area contributed by atoms with Gasteiger partial charge in [0, 0.05) is 29.4 Å². The number of nitrogens with one attached hydrogen (secondary N) is 3. The summed E-state index contributed by atoms with van der Waals surface area (Å²) in [6.45, 7) is 1.44. The molecule has 0 fully saturated rings. The van der Waals surface area contributed by atoms with Crippen LogP contribution in [0.1, 0.15) is 6.92 Å². The van der Waals surface area contributed by atoms with Crippen LogP contribution in [0.5, 0.6) is 0 Å². The lowest BCUT2D eigenvalue weighted by Gasteiger charge is -2.08. The lowest BCUT2D eigenvalue weighted by Crippen LogP contribution is -2.20. The zero-order valence-corrected chi connectivity index (χ0v) is 13.0. The molecule has 0 saturated heterocycles. The SMILES string of the molecule is CSc1ccc(NC(=O)Nc2ccc(NC(C)=O)cc2)nc1. The Hall–Kier alpha value is -2.54. The maximum Gasteiger partial charge on any atom is 0.324 e. The number of hydrogen-bond acceptors (Lipinski definition) is 4. The molecule has 0 aliphatic carbocycles. The molecule has 3 amide bonds. The van der Waals surface area contributed by atoms with Crippen molar-refractivity contribution in [1.82, 2.24) is 4.98 Å². The highest BCUT2D eigenvalue weighted by atomic mass is 32.2. The molecule has 0 saturated carbocycles. The first-order valence-corrected chi connectivity index (χ1v) is 7.75. The van der Waals surface area contributed by atoms with Crippen molar-refractivity contribution in [3.05, 3.63) is 42.6 Å². The van der Waals surface area contributed by atoms with Crippen molar-refractivity contribution in [2.45, 2.75) is 11.8 Å². The first kappa shape index (κ1) is 15.8. The normalized spacial score (nSPS) is 9.91. The van der Waals surface area contributed by atoms with E-state index in [0.29, 0.717) is 17.2 Å². The van der Waals surface area contributed by atoms with Crippen molar-refractivity contribution >= 4 is 40.9 Å². The Morgan fingerprint density at radius 3 is 2.09 bits per heavy atom. The van der Waals surface area contributed by atoms with Crippen molar-refractivity contribution in [2.24, 2.45) is 0 Å². The van der Waals surface area contributed by atoms with Gasteiger partial charge in [-0.2, -0.15) is 0 Å². The van der Waals surface area contributed by atoms with Gasteiger partial charge in [0.1, 0.15) is 5.82 Å². The van der Waals surface area contributed by atoms with Crippen molar-refractivity contribution in [3.63, 3.8) is 0 Å². The summed E-state index contributed by atoms with van der Waals surface area (Å²) in [7, 11) is 0. The highest BCUT2D eigenvalue weighted by Gasteiger charge is 2.04. The predicted octanol–water partition coefficient (Wildman–Crippen LogP) is 3.41. The first-order valence-electron chi connectivity index (χ1n) is 6.52. The van der Waals surface area contributed by atoms with Crippen LogP contribution in [0.4, 0.5) is 22.0 Å². The molecule has 1 aromatic heterocycles. The largest absolute Gasteiger partial charge is 0.326 e. The average molecular weight is 316 g/mol. The Balaban J connectivity index is 1.92. The molecule has 1 aromatic carbocycles. The van der Waals surface area contributed by atoms with Gasteiger partial charge >= 0.3 is 6.03 Å². The molecule has 114 valence electrons. The van der Waals surface area contributed by atoms with Crippen LogP contribution in [0, 0.1) is 0 Å². The molecule has 3 N–H and O–H groups in total. The van der Waals surface area contributed by atoms with E-state index in [1.807, 2.05) is 12.3 Å². The summed E-state index contributed by atoms with van der Waals surface area (Å²) in [5.41, 5.74) is 1.29. The second kappa shape index (κ2) is 7.46. The lowest BCUT2D eigenvalue weighted by molar-refractivity contribution is -0.114. The summed E-state index contributed by atoms with van der Waals surface area (Å²) in [6.07, 6.45) is 3.66. The lowest BCUT2D eigenvalue weighted by atomic mass is 10.3. The number of pyridine rings is 1. The molecule has 1 heterocycles. The van der Waals surface area contributed by atoms with E-state index in [-0.39, 0.29) is 11.9 Å². The number of rotatable bonds is 4. The number of anilines is 3. The van der Waals surface area contributed by atoms with Crippen molar-refractivity contribution in [3.8, 4) is 0 Å². The third-order valence-electron chi connectivity index (χ3n) is 2.68. The zero-order chi connectivity index (χ0) is 15.9. The third-order valence-corrected chi connectivity index (χ3v) is 3.39. The molecular formula is C15H16N4O2S. The van der Waals surface area contributed by atoms with Gasteiger partial charge in [-0.15, -0.1) is 11.8 Å². The highest BCUT2D eigenvalue weighted by Crippen LogP contribution is 2.16. The molecule has 0 radical (unpaired) electrons. The van der Waals surface area contributed by atoms with E-state index in [1.165, 1.54) is 6.92 Å². The number of urea groups is 1. The molecule has 2 rings (SSSR count). The van der Waals surface area contributed by atoms with Gasteiger partial charge in [-0.3, -0.25) is 10.1 Å². The Bertz CT molecular complexity index is 656. The third kappa shape index (κ3) is 4.78. The van der Waals surface area contributed by atoms with Crippen LogP contribution in [-0.4, -0.2) is 23.2 Å². The van der Waals surface area contributed by atoms with E-state index in [1.54, 1.807) is 48.3 Å². The van der Waals surface area contributed by atoms with E-state index in [4.69, 9.17) is 0 Å². The van der Waals surface area contributed by atoms with Gasteiger partial charge in [0.15, 0.2) is 0 Å². The molecule has 0 spiro atoms. The van der Waals surface area contributed by atoms with Crippen molar-refractivity contribution < 1.29 is 9.59 Å². The maximum atomic E-state index is 11.9. The molecular weight excluding hydrogens is 300 g/mol. The summed E-state index contributed by atoms with van der Waals surface area (Å²) >= 11 is 1.58. The number of thioether (sulfide) groups is 1. The maximum absolute atomic E-state index is 11.9. The first-order chi connectivity index (χ1) is 10.6. The molecule has 2 aromatic rings. The molecule has 0 atom stereocenters. The van der Waals surface area contributed by atoms with E-state index in [9.17, 15) is 9.59 Å². The monoisotopic (exact) mass is 316 g/mol. The molecule has 6 nitrogen and oxygen atoms in total. The summed E-state index contributed by atoms with van der Waals surface area (Å²) in [5.74, 6) is 0.336. The molecule has 22 heavy (non-hydrogen) atoms. The van der Waals surface area contributed by atoms with E-state index in [0.717, 1.165) is 4.90 Å². The molecule has 0 unspecified atom stereocenters. The van der Waals surface area contributed by atoms with Crippen LogP contribution in [0.2, 0.25) is 0 Å². The topological polar surface area (TPSA) is 83.1 Å². The minimum atomic E-state index is -0.378. The minimum absolute atomic E-state index is 0.141. The number of hydrogen-bond donors (Lipinski definition) is 3. The van der Waals surface area contributed by atoms with Crippen LogP contribution in [0.15, 0.2) is 47.5 Å². The molecule has 0 aliphatic heterocycles. The number of aromatic nitrogens is 1. The fourth-order valence-electron chi connectivity index (χ4n) is 1.69. The zero-order valence-electron chi connectivity index (χ0n) is 12.2. The van der Waals surface area contributed by atoms with Crippen LogP contribution in [0.25, 0.3) is 0 Å². The number of carbonyl (C=O) groups is 2. The smallest absolute Gasteiger partial charge is 0.324 e. The van der Waals surface area contributed by atoms with E-state index in [2.05, 4.69) is 20.9 Å². The number of nitrogens with zero attached hydrogens (tertiary/aromatic N) is 1. The van der Waals surface area contributed by atoms with E-state index < -0.39 is 0 Å².